The standard InChI is InChI=1S/C18H19N5O/c1-12(2)21-18(24)22-15-5-3-4-14(10-15)17-16(11-20-23-17)13-6-8-19-9-7-13/h3-12H,1-2H3,(H,20,23)(H2,21,22,24). The molecule has 0 saturated carbocycles. The quantitative estimate of drug-likeness (QED) is 0.685. The Morgan fingerprint density at radius 1 is 1.12 bits per heavy atom. The minimum absolute atomic E-state index is 0.0825. The molecule has 6 heteroatoms. The summed E-state index contributed by atoms with van der Waals surface area (Å²) in [6, 6.07) is 11.4. The minimum Gasteiger partial charge on any atom is -0.336 e. The molecule has 122 valence electrons. The highest BCUT2D eigenvalue weighted by molar-refractivity contribution is 5.91. The van der Waals surface area contributed by atoms with Gasteiger partial charge in [-0.3, -0.25) is 10.1 Å². The summed E-state index contributed by atoms with van der Waals surface area (Å²) in [4.78, 5) is 15.9. The van der Waals surface area contributed by atoms with Crippen molar-refractivity contribution >= 4 is 11.7 Å². The van der Waals surface area contributed by atoms with E-state index in [4.69, 9.17) is 0 Å². The number of carbonyl (C=O) groups excluding carboxylic acids is 1. The molecule has 6 nitrogen and oxygen atoms in total. The zero-order chi connectivity index (χ0) is 16.9. The average Bonchev–Trinajstić information content (AvgIpc) is 3.04. The van der Waals surface area contributed by atoms with Crippen LogP contribution in [-0.4, -0.2) is 27.3 Å². The number of nitrogens with one attached hydrogen (secondary N) is 3. The lowest BCUT2D eigenvalue weighted by Gasteiger charge is -2.11. The van der Waals surface area contributed by atoms with Gasteiger partial charge in [-0.1, -0.05) is 12.1 Å². The van der Waals surface area contributed by atoms with Crippen LogP contribution in [0.5, 0.6) is 0 Å². The van der Waals surface area contributed by atoms with E-state index in [1.165, 1.54) is 0 Å². The van der Waals surface area contributed by atoms with Gasteiger partial charge in [0.25, 0.3) is 0 Å². The number of carbonyl (C=O) groups is 1. The fourth-order valence-corrected chi connectivity index (χ4v) is 2.44. The molecule has 0 radical (unpaired) electrons. The van der Waals surface area contributed by atoms with Crippen molar-refractivity contribution in [2.75, 3.05) is 5.32 Å². The number of pyridine rings is 1. The van der Waals surface area contributed by atoms with Gasteiger partial charge in [0.15, 0.2) is 0 Å². The Morgan fingerprint density at radius 3 is 2.67 bits per heavy atom. The molecule has 0 atom stereocenters. The molecule has 0 fully saturated rings. The van der Waals surface area contributed by atoms with Gasteiger partial charge in [0.2, 0.25) is 0 Å². The first-order valence-corrected chi connectivity index (χ1v) is 7.75. The normalized spacial score (nSPS) is 10.6. The number of nitrogens with zero attached hydrogens (tertiary/aromatic N) is 2. The lowest BCUT2D eigenvalue weighted by Crippen LogP contribution is -2.34. The van der Waals surface area contributed by atoms with Crippen molar-refractivity contribution < 1.29 is 4.79 Å². The second kappa shape index (κ2) is 6.95. The number of anilines is 1. The summed E-state index contributed by atoms with van der Waals surface area (Å²) in [5, 5.41) is 12.8. The van der Waals surface area contributed by atoms with Gasteiger partial charge in [0.05, 0.1) is 11.9 Å². The first-order valence-electron chi connectivity index (χ1n) is 7.75. The van der Waals surface area contributed by atoms with Gasteiger partial charge in [0, 0.05) is 35.2 Å². The lowest BCUT2D eigenvalue weighted by molar-refractivity contribution is 0.250. The van der Waals surface area contributed by atoms with Crippen molar-refractivity contribution in [3.63, 3.8) is 0 Å². The van der Waals surface area contributed by atoms with Crippen LogP contribution in [0.3, 0.4) is 0 Å². The van der Waals surface area contributed by atoms with Gasteiger partial charge in [-0.15, -0.1) is 0 Å². The van der Waals surface area contributed by atoms with E-state index < -0.39 is 0 Å². The van der Waals surface area contributed by atoms with E-state index in [2.05, 4.69) is 25.8 Å². The topological polar surface area (TPSA) is 82.7 Å². The van der Waals surface area contributed by atoms with E-state index in [0.29, 0.717) is 0 Å². The maximum atomic E-state index is 11.9. The van der Waals surface area contributed by atoms with E-state index in [-0.39, 0.29) is 12.1 Å². The summed E-state index contributed by atoms with van der Waals surface area (Å²) in [6.45, 7) is 3.84. The van der Waals surface area contributed by atoms with Crippen LogP contribution in [0.25, 0.3) is 22.4 Å². The Kier molecular flexibility index (Phi) is 4.56. The summed E-state index contributed by atoms with van der Waals surface area (Å²) >= 11 is 0. The Morgan fingerprint density at radius 2 is 1.92 bits per heavy atom. The number of H-pyrrole nitrogens is 1. The zero-order valence-electron chi connectivity index (χ0n) is 13.6. The number of hydrogen-bond acceptors (Lipinski definition) is 3. The first-order chi connectivity index (χ1) is 11.6. The van der Waals surface area contributed by atoms with Gasteiger partial charge < -0.3 is 10.6 Å². The predicted octanol–water partition coefficient (Wildman–Crippen LogP) is 3.67. The van der Waals surface area contributed by atoms with Crippen LogP contribution in [0.2, 0.25) is 0 Å². The molecule has 0 aliphatic rings. The molecule has 3 rings (SSSR count). The van der Waals surface area contributed by atoms with Gasteiger partial charge in [-0.05, 0) is 43.7 Å². The van der Waals surface area contributed by atoms with Crippen LogP contribution in [0, 0.1) is 0 Å². The molecule has 2 amide bonds. The Labute approximate surface area is 140 Å². The van der Waals surface area contributed by atoms with Gasteiger partial charge in [0.1, 0.15) is 0 Å². The Hall–Kier alpha value is -3.15. The van der Waals surface area contributed by atoms with E-state index in [1.54, 1.807) is 18.6 Å². The first kappa shape index (κ1) is 15.7. The van der Waals surface area contributed by atoms with Crippen LogP contribution in [0.4, 0.5) is 10.5 Å². The SMILES string of the molecule is CC(C)NC(=O)Nc1cccc(-c2[nH]ncc2-c2ccncc2)c1. The molecule has 24 heavy (non-hydrogen) atoms. The van der Waals surface area contributed by atoms with Crippen molar-refractivity contribution in [1.29, 1.82) is 0 Å². The third-order valence-electron chi connectivity index (χ3n) is 3.46. The molecular formula is C18H19N5O. The highest BCUT2D eigenvalue weighted by Gasteiger charge is 2.11. The fraction of sp³-hybridized carbons (Fsp3) is 0.167. The van der Waals surface area contributed by atoms with Gasteiger partial charge in [-0.2, -0.15) is 5.10 Å². The monoisotopic (exact) mass is 321 g/mol. The van der Waals surface area contributed by atoms with Crippen LogP contribution < -0.4 is 10.6 Å². The van der Waals surface area contributed by atoms with E-state index in [0.717, 1.165) is 28.1 Å². The number of hydrogen-bond donors (Lipinski definition) is 3. The van der Waals surface area contributed by atoms with Crippen molar-refractivity contribution in [2.45, 2.75) is 19.9 Å². The van der Waals surface area contributed by atoms with Gasteiger partial charge >= 0.3 is 6.03 Å². The molecule has 3 N–H and O–H groups in total. The molecule has 1 aromatic carbocycles. The predicted molar refractivity (Wildman–Crippen MR) is 94.5 cm³/mol. The molecule has 0 aliphatic heterocycles. The maximum absolute atomic E-state index is 11.9. The molecule has 2 heterocycles. The Bertz CT molecular complexity index is 826. The maximum Gasteiger partial charge on any atom is 0.319 e. The summed E-state index contributed by atoms with van der Waals surface area (Å²) in [6.07, 6.45) is 5.29. The van der Waals surface area contributed by atoms with E-state index in [9.17, 15) is 4.79 Å². The van der Waals surface area contributed by atoms with Gasteiger partial charge in [-0.25, -0.2) is 4.79 Å². The number of urea groups is 1. The molecule has 0 unspecified atom stereocenters. The number of rotatable bonds is 4. The van der Waals surface area contributed by atoms with E-state index in [1.807, 2.05) is 50.2 Å². The van der Waals surface area contributed by atoms with Crippen molar-refractivity contribution in [3.8, 4) is 22.4 Å². The lowest BCUT2D eigenvalue weighted by atomic mass is 10.0. The second-order valence-electron chi connectivity index (χ2n) is 5.73. The summed E-state index contributed by atoms with van der Waals surface area (Å²) in [5.41, 5.74) is 4.59. The molecule has 0 aliphatic carbocycles. The van der Waals surface area contributed by atoms with E-state index >= 15 is 0 Å². The molecule has 0 spiro atoms. The van der Waals surface area contributed by atoms with Crippen LogP contribution in [0.15, 0.2) is 55.0 Å². The smallest absolute Gasteiger partial charge is 0.319 e. The van der Waals surface area contributed by atoms with Crippen LogP contribution in [-0.2, 0) is 0 Å². The second-order valence-corrected chi connectivity index (χ2v) is 5.73. The molecular weight excluding hydrogens is 302 g/mol. The van der Waals surface area contributed by atoms with Crippen molar-refractivity contribution in [1.82, 2.24) is 20.5 Å². The number of aromatic nitrogens is 3. The third kappa shape index (κ3) is 3.60. The highest BCUT2D eigenvalue weighted by Crippen LogP contribution is 2.30. The molecule has 3 aromatic rings. The highest BCUT2D eigenvalue weighted by atomic mass is 16.2. The summed E-state index contributed by atoms with van der Waals surface area (Å²) in [7, 11) is 0. The number of amides is 2. The fourth-order valence-electron chi connectivity index (χ4n) is 2.44. The number of aromatic amines is 1. The largest absolute Gasteiger partial charge is 0.336 e. The van der Waals surface area contributed by atoms with Crippen molar-refractivity contribution in [2.24, 2.45) is 0 Å². The summed E-state index contributed by atoms with van der Waals surface area (Å²) in [5.74, 6) is 0. The Balaban J connectivity index is 1.88. The number of benzene rings is 1. The van der Waals surface area contributed by atoms with Crippen LogP contribution >= 0.6 is 0 Å². The molecule has 0 saturated heterocycles. The minimum atomic E-state index is -0.221. The summed E-state index contributed by atoms with van der Waals surface area (Å²) < 4.78 is 0. The average molecular weight is 321 g/mol. The molecule has 0 bridgehead atoms. The van der Waals surface area contributed by atoms with Crippen molar-refractivity contribution in [3.05, 3.63) is 55.0 Å². The molecule has 2 aromatic heterocycles. The third-order valence-corrected chi connectivity index (χ3v) is 3.46. The zero-order valence-corrected chi connectivity index (χ0v) is 13.6. The van der Waals surface area contributed by atoms with Crippen LogP contribution in [0.1, 0.15) is 13.8 Å².